The fourth-order valence-corrected chi connectivity index (χ4v) is 2.16. The first-order chi connectivity index (χ1) is 7.81. The van der Waals surface area contributed by atoms with Crippen LogP contribution in [0.2, 0.25) is 0 Å². The highest BCUT2D eigenvalue weighted by molar-refractivity contribution is 5.51. The quantitative estimate of drug-likeness (QED) is 0.815. The lowest BCUT2D eigenvalue weighted by molar-refractivity contribution is 0.0973. The predicted molar refractivity (Wildman–Crippen MR) is 66.6 cm³/mol. The minimum Gasteiger partial charge on any atom is -0.378 e. The van der Waals surface area contributed by atoms with Gasteiger partial charge in [-0.2, -0.15) is 0 Å². The summed E-state index contributed by atoms with van der Waals surface area (Å²) in [7, 11) is 0. The van der Waals surface area contributed by atoms with Crippen molar-refractivity contribution in [1.82, 2.24) is 0 Å². The summed E-state index contributed by atoms with van der Waals surface area (Å²) in [5, 5.41) is 3.49. The van der Waals surface area contributed by atoms with E-state index in [1.165, 1.54) is 5.56 Å². The number of nitrogens with one attached hydrogen (secondary N) is 1. The number of anilines is 1. The van der Waals surface area contributed by atoms with E-state index < -0.39 is 0 Å². The molecule has 0 spiro atoms. The molecule has 0 bridgehead atoms. The third-order valence-electron chi connectivity index (χ3n) is 3.15. The molecule has 2 rings (SSSR count). The average Bonchev–Trinajstić information content (AvgIpc) is 2.81. The molecule has 1 aliphatic rings. The minimum atomic E-state index is 0.226. The van der Waals surface area contributed by atoms with Gasteiger partial charge in [0.25, 0.3) is 0 Å². The topological polar surface area (TPSA) is 47.3 Å². The van der Waals surface area contributed by atoms with Gasteiger partial charge < -0.3 is 15.8 Å². The van der Waals surface area contributed by atoms with Crippen LogP contribution < -0.4 is 11.1 Å². The highest BCUT2D eigenvalue weighted by Crippen LogP contribution is 2.20. The Balaban J connectivity index is 2.03. The van der Waals surface area contributed by atoms with E-state index >= 15 is 0 Å². The molecule has 3 N–H and O–H groups in total. The van der Waals surface area contributed by atoms with Gasteiger partial charge >= 0.3 is 0 Å². The highest BCUT2D eigenvalue weighted by atomic mass is 16.5. The van der Waals surface area contributed by atoms with Gasteiger partial charge in [0.15, 0.2) is 0 Å². The molecular formula is C13H20N2O. The molecule has 0 radical (unpaired) electrons. The van der Waals surface area contributed by atoms with E-state index in [9.17, 15) is 0 Å². The summed E-state index contributed by atoms with van der Waals surface area (Å²) >= 11 is 0. The summed E-state index contributed by atoms with van der Waals surface area (Å²) in [6.45, 7) is 3.58. The van der Waals surface area contributed by atoms with Gasteiger partial charge in [0.05, 0.1) is 12.1 Å². The van der Waals surface area contributed by atoms with Crippen LogP contribution in [0.4, 0.5) is 5.69 Å². The van der Waals surface area contributed by atoms with Crippen molar-refractivity contribution in [1.29, 1.82) is 0 Å². The number of hydrogen-bond acceptors (Lipinski definition) is 3. The molecule has 1 heterocycles. The molecule has 0 amide bonds. The number of hydrogen-bond donors (Lipinski definition) is 2. The van der Waals surface area contributed by atoms with Crippen LogP contribution in [0.3, 0.4) is 0 Å². The second-order valence-corrected chi connectivity index (χ2v) is 4.35. The minimum absolute atomic E-state index is 0.226. The Morgan fingerprint density at radius 3 is 2.94 bits per heavy atom. The zero-order valence-corrected chi connectivity index (χ0v) is 9.78. The number of aryl methyl sites for hydroxylation is 1. The standard InChI is InChI=1S/C13H20N2O/c1-10-5-2-3-6-11(10)15-12(9-14)13-7-4-8-16-13/h2-3,5-6,12-13,15H,4,7-9,14H2,1H3. The zero-order valence-electron chi connectivity index (χ0n) is 9.78. The molecule has 3 nitrogen and oxygen atoms in total. The normalized spacial score (nSPS) is 22.0. The SMILES string of the molecule is Cc1ccccc1NC(CN)C1CCCO1. The second kappa shape index (κ2) is 5.32. The fraction of sp³-hybridized carbons (Fsp3) is 0.538. The summed E-state index contributed by atoms with van der Waals surface area (Å²) in [5.74, 6) is 0. The molecule has 1 fully saturated rings. The van der Waals surface area contributed by atoms with Crippen LogP contribution in [-0.4, -0.2) is 25.3 Å². The summed E-state index contributed by atoms with van der Waals surface area (Å²) in [6.07, 6.45) is 2.53. The molecule has 1 aliphatic heterocycles. The lowest BCUT2D eigenvalue weighted by Gasteiger charge is -2.24. The second-order valence-electron chi connectivity index (χ2n) is 4.35. The molecule has 2 atom stereocenters. The van der Waals surface area contributed by atoms with Crippen molar-refractivity contribution in [3.63, 3.8) is 0 Å². The van der Waals surface area contributed by atoms with E-state index in [1.54, 1.807) is 0 Å². The van der Waals surface area contributed by atoms with Gasteiger partial charge in [0.2, 0.25) is 0 Å². The van der Waals surface area contributed by atoms with Crippen LogP contribution in [0.5, 0.6) is 0 Å². The van der Waals surface area contributed by atoms with E-state index in [0.717, 1.165) is 25.1 Å². The van der Waals surface area contributed by atoms with Crippen molar-refractivity contribution in [2.75, 3.05) is 18.5 Å². The molecule has 0 aromatic heterocycles. The molecule has 3 heteroatoms. The first-order valence-electron chi connectivity index (χ1n) is 5.95. The van der Waals surface area contributed by atoms with Crippen molar-refractivity contribution >= 4 is 5.69 Å². The van der Waals surface area contributed by atoms with Gasteiger partial charge in [-0.25, -0.2) is 0 Å². The number of nitrogens with two attached hydrogens (primary N) is 1. The van der Waals surface area contributed by atoms with Gasteiger partial charge in [-0.3, -0.25) is 0 Å². The van der Waals surface area contributed by atoms with Crippen LogP contribution in [0.1, 0.15) is 18.4 Å². The molecular weight excluding hydrogens is 200 g/mol. The van der Waals surface area contributed by atoms with Crippen LogP contribution in [0, 0.1) is 6.92 Å². The maximum atomic E-state index is 5.81. The smallest absolute Gasteiger partial charge is 0.0789 e. The van der Waals surface area contributed by atoms with Crippen LogP contribution in [0.25, 0.3) is 0 Å². The Kier molecular flexibility index (Phi) is 3.80. The van der Waals surface area contributed by atoms with E-state index in [-0.39, 0.29) is 12.1 Å². The fourth-order valence-electron chi connectivity index (χ4n) is 2.16. The summed E-state index contributed by atoms with van der Waals surface area (Å²) in [6, 6.07) is 8.50. The third kappa shape index (κ3) is 2.54. The van der Waals surface area contributed by atoms with Crippen molar-refractivity contribution in [3.8, 4) is 0 Å². The molecule has 1 aromatic carbocycles. The van der Waals surface area contributed by atoms with Gasteiger partial charge in [0, 0.05) is 18.8 Å². The maximum absolute atomic E-state index is 5.81. The van der Waals surface area contributed by atoms with E-state index in [1.807, 2.05) is 12.1 Å². The van der Waals surface area contributed by atoms with Gasteiger partial charge in [-0.1, -0.05) is 18.2 Å². The van der Waals surface area contributed by atoms with Gasteiger partial charge in [-0.05, 0) is 31.4 Å². The van der Waals surface area contributed by atoms with E-state index in [4.69, 9.17) is 10.5 Å². The first-order valence-corrected chi connectivity index (χ1v) is 5.95. The molecule has 0 aliphatic carbocycles. The molecule has 2 unspecified atom stereocenters. The summed E-state index contributed by atoms with van der Waals surface area (Å²) in [5.41, 5.74) is 8.22. The van der Waals surface area contributed by atoms with Crippen molar-refractivity contribution < 1.29 is 4.74 Å². The van der Waals surface area contributed by atoms with Gasteiger partial charge in [-0.15, -0.1) is 0 Å². The molecule has 1 aromatic rings. The number of rotatable bonds is 4. The number of para-hydroxylation sites is 1. The molecule has 16 heavy (non-hydrogen) atoms. The van der Waals surface area contributed by atoms with Crippen LogP contribution in [0.15, 0.2) is 24.3 Å². The Labute approximate surface area is 97.0 Å². The summed E-state index contributed by atoms with van der Waals surface area (Å²) < 4.78 is 5.68. The Bertz CT molecular complexity index is 334. The lowest BCUT2D eigenvalue weighted by Crippen LogP contribution is -2.39. The number of benzene rings is 1. The first kappa shape index (κ1) is 11.4. The highest BCUT2D eigenvalue weighted by Gasteiger charge is 2.24. The average molecular weight is 220 g/mol. The van der Waals surface area contributed by atoms with Crippen molar-refractivity contribution in [2.45, 2.75) is 31.9 Å². The molecule has 0 saturated carbocycles. The van der Waals surface area contributed by atoms with E-state index in [0.29, 0.717) is 6.54 Å². The molecule has 1 saturated heterocycles. The lowest BCUT2D eigenvalue weighted by atomic mass is 10.1. The largest absolute Gasteiger partial charge is 0.378 e. The van der Waals surface area contributed by atoms with Crippen LogP contribution in [-0.2, 0) is 4.74 Å². The Hall–Kier alpha value is -1.06. The summed E-state index contributed by atoms with van der Waals surface area (Å²) in [4.78, 5) is 0. The van der Waals surface area contributed by atoms with Crippen molar-refractivity contribution in [2.24, 2.45) is 5.73 Å². The Morgan fingerprint density at radius 1 is 1.50 bits per heavy atom. The maximum Gasteiger partial charge on any atom is 0.0789 e. The number of ether oxygens (including phenoxy) is 1. The predicted octanol–water partition coefficient (Wildman–Crippen LogP) is 1.91. The monoisotopic (exact) mass is 220 g/mol. The Morgan fingerprint density at radius 2 is 2.31 bits per heavy atom. The van der Waals surface area contributed by atoms with Crippen LogP contribution >= 0.6 is 0 Å². The van der Waals surface area contributed by atoms with E-state index in [2.05, 4.69) is 24.4 Å². The zero-order chi connectivity index (χ0) is 11.4. The van der Waals surface area contributed by atoms with Gasteiger partial charge in [0.1, 0.15) is 0 Å². The third-order valence-corrected chi connectivity index (χ3v) is 3.15. The molecule has 88 valence electrons. The van der Waals surface area contributed by atoms with Crippen molar-refractivity contribution in [3.05, 3.63) is 29.8 Å².